The van der Waals surface area contributed by atoms with Crippen LogP contribution in [0, 0.1) is 13.8 Å². The van der Waals surface area contributed by atoms with Gasteiger partial charge in [-0.1, -0.05) is 6.07 Å². The van der Waals surface area contributed by atoms with Crippen LogP contribution in [-0.4, -0.2) is 21.6 Å². The maximum absolute atomic E-state index is 5.39. The molecule has 5 heteroatoms. The summed E-state index contributed by atoms with van der Waals surface area (Å²) in [5.41, 5.74) is 1.99. The minimum absolute atomic E-state index is 0.592. The summed E-state index contributed by atoms with van der Waals surface area (Å²) in [6.45, 7) is 6.98. The summed E-state index contributed by atoms with van der Waals surface area (Å²) in [6.07, 6.45) is 0. The predicted octanol–water partition coefficient (Wildman–Crippen LogP) is 2.50. The SMILES string of the molecule is CCOc1cc(NCc2cccc(C)n2)nc(C)n1. The third-order valence-corrected chi connectivity index (χ3v) is 2.50. The van der Waals surface area contributed by atoms with E-state index in [1.54, 1.807) is 6.07 Å². The molecule has 0 aromatic carbocycles. The first-order valence-corrected chi connectivity index (χ1v) is 6.32. The molecule has 0 unspecified atom stereocenters. The van der Waals surface area contributed by atoms with Crippen molar-refractivity contribution in [2.75, 3.05) is 11.9 Å². The molecule has 0 saturated carbocycles. The Morgan fingerprint density at radius 1 is 1.16 bits per heavy atom. The molecule has 0 aliphatic rings. The Labute approximate surface area is 113 Å². The van der Waals surface area contributed by atoms with Crippen molar-refractivity contribution in [3.8, 4) is 5.88 Å². The van der Waals surface area contributed by atoms with E-state index in [2.05, 4.69) is 20.3 Å². The second-order valence-corrected chi connectivity index (χ2v) is 4.20. The van der Waals surface area contributed by atoms with Gasteiger partial charge in [-0.15, -0.1) is 0 Å². The molecule has 0 atom stereocenters. The van der Waals surface area contributed by atoms with Gasteiger partial charge < -0.3 is 10.1 Å². The Bertz CT molecular complexity index is 557. The molecule has 0 aliphatic carbocycles. The molecule has 1 N–H and O–H groups in total. The number of nitrogens with zero attached hydrogens (tertiary/aromatic N) is 3. The first-order valence-electron chi connectivity index (χ1n) is 6.32. The molecular formula is C14H18N4O. The first kappa shape index (κ1) is 13.3. The Morgan fingerprint density at radius 3 is 2.74 bits per heavy atom. The lowest BCUT2D eigenvalue weighted by Gasteiger charge is -2.08. The minimum atomic E-state index is 0.592. The number of ether oxygens (including phenoxy) is 1. The van der Waals surface area contributed by atoms with E-state index in [0.717, 1.165) is 17.2 Å². The van der Waals surface area contributed by atoms with Crippen molar-refractivity contribution < 1.29 is 4.74 Å². The van der Waals surface area contributed by atoms with E-state index in [9.17, 15) is 0 Å². The van der Waals surface area contributed by atoms with Crippen molar-refractivity contribution in [1.29, 1.82) is 0 Å². The topological polar surface area (TPSA) is 59.9 Å². The number of pyridine rings is 1. The van der Waals surface area contributed by atoms with E-state index in [-0.39, 0.29) is 0 Å². The van der Waals surface area contributed by atoms with Gasteiger partial charge in [0.15, 0.2) is 0 Å². The summed E-state index contributed by atoms with van der Waals surface area (Å²) in [5, 5.41) is 3.23. The molecule has 0 fully saturated rings. The standard InChI is InChI=1S/C14H18N4O/c1-4-19-14-8-13(17-11(3)18-14)15-9-12-7-5-6-10(2)16-12/h5-8H,4,9H2,1-3H3,(H,15,17,18). The van der Waals surface area contributed by atoms with E-state index in [1.807, 2.05) is 39.0 Å². The number of nitrogens with one attached hydrogen (secondary N) is 1. The zero-order chi connectivity index (χ0) is 13.7. The minimum Gasteiger partial charge on any atom is -0.478 e. The molecule has 2 aromatic heterocycles. The molecule has 0 radical (unpaired) electrons. The van der Waals surface area contributed by atoms with E-state index in [0.29, 0.717) is 24.9 Å². The highest BCUT2D eigenvalue weighted by molar-refractivity contribution is 5.38. The zero-order valence-electron chi connectivity index (χ0n) is 11.5. The third kappa shape index (κ3) is 3.91. The zero-order valence-corrected chi connectivity index (χ0v) is 11.5. The highest BCUT2D eigenvalue weighted by Gasteiger charge is 2.03. The molecule has 19 heavy (non-hydrogen) atoms. The van der Waals surface area contributed by atoms with Gasteiger partial charge >= 0.3 is 0 Å². The lowest BCUT2D eigenvalue weighted by molar-refractivity contribution is 0.325. The van der Waals surface area contributed by atoms with Gasteiger partial charge in [-0.05, 0) is 32.9 Å². The molecule has 100 valence electrons. The molecule has 0 aliphatic heterocycles. The summed E-state index contributed by atoms with van der Waals surface area (Å²) in [6, 6.07) is 7.76. The monoisotopic (exact) mass is 258 g/mol. The summed E-state index contributed by atoms with van der Waals surface area (Å²) >= 11 is 0. The lowest BCUT2D eigenvalue weighted by atomic mass is 10.3. The van der Waals surface area contributed by atoms with Gasteiger partial charge in [-0.25, -0.2) is 4.98 Å². The van der Waals surface area contributed by atoms with Gasteiger partial charge in [-0.3, -0.25) is 4.98 Å². The number of hydrogen-bond donors (Lipinski definition) is 1. The van der Waals surface area contributed by atoms with Crippen LogP contribution in [-0.2, 0) is 6.54 Å². The van der Waals surface area contributed by atoms with Gasteiger partial charge in [0.2, 0.25) is 5.88 Å². The number of anilines is 1. The van der Waals surface area contributed by atoms with Crippen LogP contribution in [0.4, 0.5) is 5.82 Å². The Hall–Kier alpha value is -2.17. The molecule has 0 amide bonds. The van der Waals surface area contributed by atoms with Crippen LogP contribution in [0.5, 0.6) is 5.88 Å². The van der Waals surface area contributed by atoms with Crippen LogP contribution in [0.3, 0.4) is 0 Å². The van der Waals surface area contributed by atoms with Crippen molar-refractivity contribution in [2.24, 2.45) is 0 Å². The summed E-state index contributed by atoms with van der Waals surface area (Å²) in [4.78, 5) is 13.0. The van der Waals surface area contributed by atoms with Crippen molar-refractivity contribution in [1.82, 2.24) is 15.0 Å². The van der Waals surface area contributed by atoms with Crippen LogP contribution in [0.1, 0.15) is 24.1 Å². The maximum atomic E-state index is 5.39. The lowest BCUT2D eigenvalue weighted by Crippen LogP contribution is -2.06. The molecule has 2 rings (SSSR count). The molecule has 2 heterocycles. The predicted molar refractivity (Wildman–Crippen MR) is 74.2 cm³/mol. The largest absolute Gasteiger partial charge is 0.478 e. The fourth-order valence-electron chi connectivity index (χ4n) is 1.73. The highest BCUT2D eigenvalue weighted by atomic mass is 16.5. The van der Waals surface area contributed by atoms with E-state index < -0.39 is 0 Å². The van der Waals surface area contributed by atoms with Crippen molar-refractivity contribution in [3.63, 3.8) is 0 Å². The van der Waals surface area contributed by atoms with Crippen LogP contribution >= 0.6 is 0 Å². The van der Waals surface area contributed by atoms with Crippen LogP contribution in [0.25, 0.3) is 0 Å². The normalized spacial score (nSPS) is 10.3. The third-order valence-electron chi connectivity index (χ3n) is 2.50. The average Bonchev–Trinajstić information content (AvgIpc) is 2.36. The molecule has 0 bridgehead atoms. The first-order chi connectivity index (χ1) is 9.17. The van der Waals surface area contributed by atoms with Crippen LogP contribution in [0.15, 0.2) is 24.3 Å². The van der Waals surface area contributed by atoms with Gasteiger partial charge in [-0.2, -0.15) is 4.98 Å². The highest BCUT2D eigenvalue weighted by Crippen LogP contribution is 2.14. The van der Waals surface area contributed by atoms with Gasteiger partial charge in [0.25, 0.3) is 0 Å². The fraction of sp³-hybridized carbons (Fsp3) is 0.357. The maximum Gasteiger partial charge on any atom is 0.218 e. The Balaban J connectivity index is 2.06. The number of aryl methyl sites for hydroxylation is 2. The Kier molecular flexibility index (Phi) is 4.28. The average molecular weight is 258 g/mol. The summed E-state index contributed by atoms with van der Waals surface area (Å²) in [5.74, 6) is 2.03. The summed E-state index contributed by atoms with van der Waals surface area (Å²) in [7, 11) is 0. The molecule has 2 aromatic rings. The van der Waals surface area contributed by atoms with Gasteiger partial charge in [0.1, 0.15) is 11.6 Å². The molecular weight excluding hydrogens is 240 g/mol. The Morgan fingerprint density at radius 2 is 2.00 bits per heavy atom. The van der Waals surface area contributed by atoms with E-state index >= 15 is 0 Å². The quantitative estimate of drug-likeness (QED) is 0.892. The number of aromatic nitrogens is 3. The smallest absolute Gasteiger partial charge is 0.218 e. The van der Waals surface area contributed by atoms with Crippen molar-refractivity contribution in [3.05, 3.63) is 41.5 Å². The second-order valence-electron chi connectivity index (χ2n) is 4.20. The van der Waals surface area contributed by atoms with Crippen LogP contribution in [0.2, 0.25) is 0 Å². The van der Waals surface area contributed by atoms with E-state index in [1.165, 1.54) is 0 Å². The second kappa shape index (κ2) is 6.13. The van der Waals surface area contributed by atoms with Crippen molar-refractivity contribution >= 4 is 5.82 Å². The number of rotatable bonds is 5. The fourth-order valence-corrected chi connectivity index (χ4v) is 1.73. The summed E-state index contributed by atoms with van der Waals surface area (Å²) < 4.78 is 5.39. The number of hydrogen-bond acceptors (Lipinski definition) is 5. The van der Waals surface area contributed by atoms with Crippen molar-refractivity contribution in [2.45, 2.75) is 27.3 Å². The van der Waals surface area contributed by atoms with Gasteiger partial charge in [0.05, 0.1) is 18.8 Å². The molecule has 0 spiro atoms. The molecule has 0 saturated heterocycles. The van der Waals surface area contributed by atoms with Gasteiger partial charge in [0, 0.05) is 11.8 Å². The molecule has 5 nitrogen and oxygen atoms in total. The van der Waals surface area contributed by atoms with Crippen LogP contribution < -0.4 is 10.1 Å². The van der Waals surface area contributed by atoms with E-state index in [4.69, 9.17) is 4.74 Å².